The number of nitrogens with one attached hydrogen (secondary N) is 1. The van der Waals surface area contributed by atoms with E-state index in [0.29, 0.717) is 23.9 Å². The number of rotatable bonds is 4. The van der Waals surface area contributed by atoms with Gasteiger partial charge in [0.25, 0.3) is 0 Å². The Hall–Kier alpha value is -0.880. The van der Waals surface area contributed by atoms with Gasteiger partial charge in [0.2, 0.25) is 5.95 Å². The molecule has 13 heavy (non-hydrogen) atoms. The lowest BCUT2D eigenvalue weighted by Gasteiger charge is -2.13. The molecule has 1 rings (SSSR count). The van der Waals surface area contributed by atoms with Crippen molar-refractivity contribution in [1.29, 1.82) is 0 Å². The molecule has 0 amide bonds. The molecule has 1 unspecified atom stereocenters. The number of nitrogens with two attached hydrogens (primary N) is 1. The number of H-pyrrole nitrogens is 1. The number of anilines is 1. The van der Waals surface area contributed by atoms with Crippen LogP contribution in [0.4, 0.5) is 5.95 Å². The first-order valence-electron chi connectivity index (χ1n) is 4.17. The van der Waals surface area contributed by atoms with E-state index in [9.17, 15) is 0 Å². The monoisotopic (exact) mass is 202 g/mol. The maximum absolute atomic E-state index is 5.61. The molecule has 74 valence electrons. The van der Waals surface area contributed by atoms with Gasteiger partial charge in [0.1, 0.15) is 0 Å². The third kappa shape index (κ3) is 2.28. The van der Waals surface area contributed by atoms with Crippen molar-refractivity contribution in [3.8, 4) is 0 Å². The molecule has 5 nitrogen and oxygen atoms in total. The number of hydrogen-bond donors (Lipinski definition) is 2. The Labute approximate surface area is 81.9 Å². The summed E-state index contributed by atoms with van der Waals surface area (Å²) in [5, 5.41) is 6.44. The van der Waals surface area contributed by atoms with Gasteiger partial charge in [-0.15, -0.1) is 5.10 Å². The molecule has 0 bridgehead atoms. The van der Waals surface area contributed by atoms with Gasteiger partial charge in [-0.2, -0.15) is 0 Å². The zero-order valence-electron chi connectivity index (χ0n) is 7.78. The van der Waals surface area contributed by atoms with Crippen molar-refractivity contribution < 1.29 is 4.74 Å². The second kappa shape index (κ2) is 4.38. The van der Waals surface area contributed by atoms with Crippen LogP contribution in [0.1, 0.15) is 19.9 Å². The van der Waals surface area contributed by atoms with Crippen molar-refractivity contribution in [3.63, 3.8) is 0 Å². The summed E-state index contributed by atoms with van der Waals surface area (Å²) in [7, 11) is 0. The smallest absolute Gasteiger partial charge is 0.220 e. The van der Waals surface area contributed by atoms with E-state index in [0.717, 1.165) is 0 Å². The summed E-state index contributed by atoms with van der Waals surface area (Å²) in [5.74, 6) is 0.400. The molecule has 1 aromatic rings. The second-order valence-corrected chi connectivity index (χ2v) is 3.15. The predicted octanol–water partition coefficient (Wildman–Crippen LogP) is 1.12. The van der Waals surface area contributed by atoms with E-state index in [1.54, 1.807) is 4.57 Å². The first-order valence-corrected chi connectivity index (χ1v) is 4.57. The van der Waals surface area contributed by atoms with Gasteiger partial charge in [-0.05, 0) is 26.1 Å². The van der Waals surface area contributed by atoms with Crippen LogP contribution in [0, 0.1) is 4.77 Å². The van der Waals surface area contributed by atoms with Crippen molar-refractivity contribution in [2.24, 2.45) is 0 Å². The number of hydrogen-bond acceptors (Lipinski definition) is 4. The van der Waals surface area contributed by atoms with Crippen LogP contribution >= 0.6 is 12.2 Å². The molecular weight excluding hydrogens is 188 g/mol. The third-order valence-electron chi connectivity index (χ3n) is 1.74. The molecule has 0 aliphatic heterocycles. The minimum Gasteiger partial charge on any atom is -0.380 e. The van der Waals surface area contributed by atoms with Gasteiger partial charge in [-0.3, -0.25) is 4.57 Å². The lowest BCUT2D eigenvalue weighted by Crippen LogP contribution is -2.14. The molecule has 0 saturated heterocycles. The highest BCUT2D eigenvalue weighted by Gasteiger charge is 2.09. The van der Waals surface area contributed by atoms with Crippen LogP contribution in [-0.4, -0.2) is 28.0 Å². The van der Waals surface area contributed by atoms with Gasteiger partial charge in [0.15, 0.2) is 4.77 Å². The SMILES string of the molecule is CCOCC(C)n1c(N)n[nH]c1=S. The molecule has 0 radical (unpaired) electrons. The number of ether oxygens (including phenoxy) is 1. The topological polar surface area (TPSA) is 68.9 Å². The summed E-state index contributed by atoms with van der Waals surface area (Å²) in [4.78, 5) is 0. The molecule has 1 atom stereocenters. The van der Waals surface area contributed by atoms with Gasteiger partial charge >= 0.3 is 0 Å². The zero-order valence-corrected chi connectivity index (χ0v) is 8.60. The number of aromatic nitrogens is 3. The molecule has 6 heteroatoms. The lowest BCUT2D eigenvalue weighted by molar-refractivity contribution is 0.119. The van der Waals surface area contributed by atoms with Gasteiger partial charge < -0.3 is 10.5 Å². The van der Waals surface area contributed by atoms with Crippen LogP contribution in [0.25, 0.3) is 0 Å². The largest absolute Gasteiger partial charge is 0.380 e. The van der Waals surface area contributed by atoms with Crippen molar-refractivity contribution >= 4 is 18.2 Å². The van der Waals surface area contributed by atoms with Crippen LogP contribution in [0.5, 0.6) is 0 Å². The molecule has 0 fully saturated rings. The average molecular weight is 202 g/mol. The fraction of sp³-hybridized carbons (Fsp3) is 0.714. The van der Waals surface area contributed by atoms with Crippen molar-refractivity contribution in [2.45, 2.75) is 19.9 Å². The highest BCUT2D eigenvalue weighted by Crippen LogP contribution is 2.10. The Morgan fingerprint density at radius 2 is 2.46 bits per heavy atom. The summed E-state index contributed by atoms with van der Waals surface area (Å²) in [6.45, 7) is 5.21. The number of aromatic amines is 1. The molecule has 1 heterocycles. The van der Waals surface area contributed by atoms with Crippen LogP contribution < -0.4 is 5.73 Å². The van der Waals surface area contributed by atoms with Crippen LogP contribution in [0.2, 0.25) is 0 Å². The summed E-state index contributed by atoms with van der Waals surface area (Å²) < 4.78 is 7.54. The fourth-order valence-corrected chi connectivity index (χ4v) is 1.42. The van der Waals surface area contributed by atoms with E-state index in [2.05, 4.69) is 10.2 Å². The minimum atomic E-state index is 0.117. The van der Waals surface area contributed by atoms with Crippen LogP contribution in [0.15, 0.2) is 0 Å². The van der Waals surface area contributed by atoms with Crippen LogP contribution in [0.3, 0.4) is 0 Å². The normalized spacial score (nSPS) is 13.1. The molecule has 0 aliphatic carbocycles. The molecule has 0 saturated carbocycles. The summed E-state index contributed by atoms with van der Waals surface area (Å²) in [5.41, 5.74) is 5.61. The quantitative estimate of drug-likeness (QED) is 0.718. The van der Waals surface area contributed by atoms with E-state index in [-0.39, 0.29) is 6.04 Å². The zero-order chi connectivity index (χ0) is 9.84. The fourth-order valence-electron chi connectivity index (χ4n) is 1.11. The third-order valence-corrected chi connectivity index (χ3v) is 2.02. The van der Waals surface area contributed by atoms with Gasteiger partial charge in [0.05, 0.1) is 12.6 Å². The number of nitrogen functional groups attached to an aromatic ring is 1. The molecule has 0 spiro atoms. The second-order valence-electron chi connectivity index (χ2n) is 2.77. The van der Waals surface area contributed by atoms with E-state index in [1.807, 2.05) is 13.8 Å². The summed E-state index contributed by atoms with van der Waals surface area (Å²) >= 11 is 5.01. The molecule has 1 aromatic heterocycles. The predicted molar refractivity (Wildman–Crippen MR) is 53.0 cm³/mol. The molecule has 0 aliphatic rings. The van der Waals surface area contributed by atoms with Crippen molar-refractivity contribution in [3.05, 3.63) is 4.77 Å². The van der Waals surface area contributed by atoms with Crippen molar-refractivity contribution in [2.75, 3.05) is 18.9 Å². The van der Waals surface area contributed by atoms with Gasteiger partial charge in [-0.1, -0.05) is 0 Å². The Bertz CT molecular complexity index is 319. The molecule has 0 aromatic carbocycles. The van der Waals surface area contributed by atoms with Gasteiger partial charge in [0, 0.05) is 6.61 Å². The average Bonchev–Trinajstić information content (AvgIpc) is 2.42. The first kappa shape index (κ1) is 10.2. The van der Waals surface area contributed by atoms with Crippen molar-refractivity contribution in [1.82, 2.24) is 14.8 Å². The highest BCUT2D eigenvalue weighted by molar-refractivity contribution is 7.71. The van der Waals surface area contributed by atoms with E-state index in [1.165, 1.54) is 0 Å². The Balaban J connectivity index is 2.75. The minimum absolute atomic E-state index is 0.117. The Morgan fingerprint density at radius 3 is 2.92 bits per heavy atom. The van der Waals surface area contributed by atoms with E-state index >= 15 is 0 Å². The van der Waals surface area contributed by atoms with Crippen LogP contribution in [-0.2, 0) is 4.74 Å². The molecule has 3 N–H and O–H groups in total. The maximum Gasteiger partial charge on any atom is 0.220 e. The first-order chi connectivity index (χ1) is 6.16. The van der Waals surface area contributed by atoms with Gasteiger partial charge in [-0.25, -0.2) is 5.10 Å². The van der Waals surface area contributed by atoms with E-state index in [4.69, 9.17) is 22.7 Å². The van der Waals surface area contributed by atoms with E-state index < -0.39 is 0 Å². The highest BCUT2D eigenvalue weighted by atomic mass is 32.1. The molecular formula is C7H14N4OS. The maximum atomic E-state index is 5.61. The standard InChI is InChI=1S/C7H14N4OS/c1-3-12-4-5(2)11-6(8)9-10-7(11)13/h5H,3-4H2,1-2H3,(H2,8,9)(H,10,13). The Kier molecular flexibility index (Phi) is 3.44. The summed E-state index contributed by atoms with van der Waals surface area (Å²) in [6.07, 6.45) is 0. The Morgan fingerprint density at radius 1 is 1.77 bits per heavy atom. The number of nitrogens with zero attached hydrogens (tertiary/aromatic N) is 2. The summed E-state index contributed by atoms with van der Waals surface area (Å²) in [6, 6.07) is 0.117. The lowest BCUT2D eigenvalue weighted by atomic mass is 10.3.